The highest BCUT2D eigenvalue weighted by Gasteiger charge is 2.05. The average Bonchev–Trinajstić information content (AvgIpc) is 2.50. The summed E-state index contributed by atoms with van der Waals surface area (Å²) in [6.07, 6.45) is 0. The largest absolute Gasteiger partial charge is 0.545 e. The van der Waals surface area contributed by atoms with E-state index in [0.29, 0.717) is 16.5 Å². The van der Waals surface area contributed by atoms with Crippen molar-refractivity contribution < 1.29 is 14.7 Å². The van der Waals surface area contributed by atoms with E-state index < -0.39 is 5.97 Å². The maximum atomic E-state index is 11.8. The zero-order valence-electron chi connectivity index (χ0n) is 11.5. The second-order valence-electron chi connectivity index (χ2n) is 4.50. The van der Waals surface area contributed by atoms with Gasteiger partial charge in [-0.1, -0.05) is 41.9 Å². The second-order valence-corrected chi connectivity index (χ2v) is 5.89. The molecule has 0 fully saturated rings. The van der Waals surface area contributed by atoms with E-state index >= 15 is 0 Å². The number of amides is 1. The number of benzene rings is 2. The standard InChI is InChI=1S/C16H14ClNO3S/c17-14-4-2-1-3-12(14)9-22-10-15(19)18-13-7-5-11(6-8-13)16(20)21/h1-8H,9-10H2,(H,18,19)(H,20,21)/p-1. The molecule has 0 radical (unpaired) electrons. The zero-order valence-corrected chi connectivity index (χ0v) is 13.1. The Morgan fingerprint density at radius 2 is 1.77 bits per heavy atom. The summed E-state index contributed by atoms with van der Waals surface area (Å²) in [6.45, 7) is 0. The van der Waals surface area contributed by atoms with Gasteiger partial charge in [0, 0.05) is 16.5 Å². The molecule has 0 heterocycles. The Morgan fingerprint density at radius 1 is 1.09 bits per heavy atom. The van der Waals surface area contributed by atoms with Crippen LogP contribution in [0, 0.1) is 0 Å². The SMILES string of the molecule is O=C(CSCc1ccccc1Cl)Nc1ccc(C(=O)[O-])cc1. The lowest BCUT2D eigenvalue weighted by Gasteiger charge is -2.07. The first-order valence-corrected chi connectivity index (χ1v) is 8.02. The van der Waals surface area contributed by atoms with E-state index in [9.17, 15) is 14.7 Å². The van der Waals surface area contributed by atoms with Crippen LogP contribution in [-0.4, -0.2) is 17.6 Å². The monoisotopic (exact) mass is 334 g/mol. The lowest BCUT2D eigenvalue weighted by Crippen LogP contribution is -2.22. The van der Waals surface area contributed by atoms with E-state index in [2.05, 4.69) is 5.32 Å². The second kappa shape index (κ2) is 7.87. The Labute approximate surface area is 137 Å². The predicted molar refractivity (Wildman–Crippen MR) is 87.0 cm³/mol. The quantitative estimate of drug-likeness (QED) is 0.881. The molecule has 1 N–H and O–H groups in total. The van der Waals surface area contributed by atoms with Crippen LogP contribution in [0.2, 0.25) is 5.02 Å². The molecule has 0 unspecified atom stereocenters. The summed E-state index contributed by atoms with van der Waals surface area (Å²) in [4.78, 5) is 22.4. The molecule has 4 nitrogen and oxygen atoms in total. The molecular weight excluding hydrogens is 322 g/mol. The highest BCUT2D eigenvalue weighted by Crippen LogP contribution is 2.20. The molecular formula is C16H13ClNO3S-. The molecule has 2 rings (SSSR count). The van der Waals surface area contributed by atoms with Gasteiger partial charge in [0.1, 0.15) is 0 Å². The normalized spacial score (nSPS) is 10.2. The van der Waals surface area contributed by atoms with Crippen LogP contribution in [-0.2, 0) is 10.5 Å². The number of anilines is 1. The summed E-state index contributed by atoms with van der Waals surface area (Å²) in [5.74, 6) is -0.462. The highest BCUT2D eigenvalue weighted by molar-refractivity contribution is 7.99. The summed E-state index contributed by atoms with van der Waals surface area (Å²) < 4.78 is 0. The van der Waals surface area contributed by atoms with E-state index in [1.54, 1.807) is 0 Å². The number of hydrogen-bond acceptors (Lipinski definition) is 4. The van der Waals surface area contributed by atoms with E-state index in [0.717, 1.165) is 5.56 Å². The molecule has 0 saturated heterocycles. The van der Waals surface area contributed by atoms with Gasteiger partial charge in [0.15, 0.2) is 0 Å². The van der Waals surface area contributed by atoms with Crippen molar-refractivity contribution in [3.8, 4) is 0 Å². The molecule has 0 aliphatic carbocycles. The molecule has 6 heteroatoms. The maximum Gasteiger partial charge on any atom is 0.234 e. The maximum absolute atomic E-state index is 11.8. The van der Waals surface area contributed by atoms with Gasteiger partial charge in [0.05, 0.1) is 11.7 Å². The van der Waals surface area contributed by atoms with Gasteiger partial charge < -0.3 is 15.2 Å². The minimum absolute atomic E-state index is 0.0751. The Bertz CT molecular complexity index is 673. The summed E-state index contributed by atoms with van der Waals surface area (Å²) in [5, 5.41) is 14.0. The van der Waals surface area contributed by atoms with E-state index in [1.807, 2.05) is 24.3 Å². The zero-order chi connectivity index (χ0) is 15.9. The van der Waals surface area contributed by atoms with Crippen LogP contribution in [0.1, 0.15) is 15.9 Å². The molecule has 0 aromatic heterocycles. The first-order chi connectivity index (χ1) is 10.6. The topological polar surface area (TPSA) is 69.2 Å². The average molecular weight is 335 g/mol. The number of carbonyl (C=O) groups is 2. The molecule has 114 valence electrons. The third-order valence-corrected chi connectivity index (χ3v) is 4.20. The number of aromatic carboxylic acids is 1. The van der Waals surface area contributed by atoms with E-state index in [-0.39, 0.29) is 17.2 Å². The number of carboxylic acid groups (broad SMARTS) is 1. The molecule has 0 spiro atoms. The van der Waals surface area contributed by atoms with Crippen molar-refractivity contribution in [1.82, 2.24) is 0 Å². The van der Waals surface area contributed by atoms with Crippen LogP contribution in [0.3, 0.4) is 0 Å². The summed E-state index contributed by atoms with van der Waals surface area (Å²) in [5.41, 5.74) is 1.61. The third-order valence-electron chi connectivity index (χ3n) is 2.85. The first-order valence-electron chi connectivity index (χ1n) is 6.48. The Hall–Kier alpha value is -1.98. The minimum atomic E-state index is -1.24. The van der Waals surface area contributed by atoms with Gasteiger partial charge in [-0.3, -0.25) is 4.79 Å². The van der Waals surface area contributed by atoms with Gasteiger partial charge in [-0.05, 0) is 29.3 Å². The van der Waals surface area contributed by atoms with Crippen molar-refractivity contribution in [2.75, 3.05) is 11.1 Å². The fourth-order valence-corrected chi connectivity index (χ4v) is 2.87. The van der Waals surface area contributed by atoms with E-state index in [1.165, 1.54) is 36.0 Å². The van der Waals surface area contributed by atoms with Gasteiger partial charge in [-0.25, -0.2) is 0 Å². The minimum Gasteiger partial charge on any atom is -0.545 e. The summed E-state index contributed by atoms with van der Waals surface area (Å²) in [6, 6.07) is 13.3. The molecule has 0 aliphatic heterocycles. The van der Waals surface area contributed by atoms with E-state index in [4.69, 9.17) is 11.6 Å². The number of nitrogens with one attached hydrogen (secondary N) is 1. The van der Waals surface area contributed by atoms with Gasteiger partial charge >= 0.3 is 0 Å². The van der Waals surface area contributed by atoms with Crippen molar-refractivity contribution in [3.05, 3.63) is 64.7 Å². The third kappa shape index (κ3) is 4.79. The summed E-state index contributed by atoms with van der Waals surface area (Å²) in [7, 11) is 0. The van der Waals surface area contributed by atoms with Crippen LogP contribution in [0.15, 0.2) is 48.5 Å². The molecule has 22 heavy (non-hydrogen) atoms. The Morgan fingerprint density at radius 3 is 2.41 bits per heavy atom. The molecule has 0 bridgehead atoms. The van der Waals surface area contributed by atoms with Crippen LogP contribution in [0.25, 0.3) is 0 Å². The van der Waals surface area contributed by atoms with Crippen LogP contribution in [0.5, 0.6) is 0 Å². The lowest BCUT2D eigenvalue weighted by atomic mass is 10.2. The lowest BCUT2D eigenvalue weighted by molar-refractivity contribution is -0.255. The summed E-state index contributed by atoms with van der Waals surface area (Å²) >= 11 is 7.50. The highest BCUT2D eigenvalue weighted by atomic mass is 35.5. The van der Waals surface area contributed by atoms with Gasteiger partial charge in [-0.15, -0.1) is 11.8 Å². The molecule has 0 saturated carbocycles. The molecule has 2 aromatic carbocycles. The fraction of sp³-hybridized carbons (Fsp3) is 0.125. The van der Waals surface area contributed by atoms with Crippen LogP contribution >= 0.6 is 23.4 Å². The number of carboxylic acids is 1. The van der Waals surface area contributed by atoms with Crippen LogP contribution < -0.4 is 10.4 Å². The Kier molecular flexibility index (Phi) is 5.86. The van der Waals surface area contributed by atoms with Crippen molar-refractivity contribution in [3.63, 3.8) is 0 Å². The number of hydrogen-bond donors (Lipinski definition) is 1. The molecule has 1 amide bonds. The number of rotatable bonds is 6. The molecule has 0 aliphatic rings. The molecule has 2 aromatic rings. The van der Waals surface area contributed by atoms with Crippen molar-refractivity contribution in [1.29, 1.82) is 0 Å². The van der Waals surface area contributed by atoms with Crippen molar-refractivity contribution in [2.45, 2.75) is 5.75 Å². The predicted octanol–water partition coefficient (Wildman–Crippen LogP) is 2.58. The van der Waals surface area contributed by atoms with Gasteiger partial charge in [0.2, 0.25) is 5.91 Å². The molecule has 0 atom stereocenters. The number of carbonyl (C=O) groups excluding carboxylic acids is 2. The smallest absolute Gasteiger partial charge is 0.234 e. The number of thioether (sulfide) groups is 1. The Balaban J connectivity index is 1.80. The van der Waals surface area contributed by atoms with Crippen molar-refractivity contribution in [2.24, 2.45) is 0 Å². The van der Waals surface area contributed by atoms with Crippen LogP contribution in [0.4, 0.5) is 5.69 Å². The van der Waals surface area contributed by atoms with Gasteiger partial charge in [-0.2, -0.15) is 0 Å². The van der Waals surface area contributed by atoms with Gasteiger partial charge in [0.25, 0.3) is 0 Å². The number of halogens is 1. The van der Waals surface area contributed by atoms with Crippen molar-refractivity contribution >= 4 is 40.9 Å². The first kappa shape index (κ1) is 16.4. The fourth-order valence-electron chi connectivity index (χ4n) is 1.76.